The van der Waals surface area contributed by atoms with Crippen molar-refractivity contribution < 1.29 is 9.13 Å². The minimum Gasteiger partial charge on any atom is -0.454 e. The zero-order valence-electron chi connectivity index (χ0n) is 10.2. The fraction of sp³-hybridized carbons (Fsp3) is 0.143. The van der Waals surface area contributed by atoms with E-state index in [1.165, 1.54) is 6.07 Å². The van der Waals surface area contributed by atoms with E-state index in [0.29, 0.717) is 12.3 Å². The largest absolute Gasteiger partial charge is 0.454 e. The standard InChI is InChI=1S/C14H12BrClFNO/c1-18-8-9-5-6-10(15)7-13(9)19-12-4-2-3-11(16)14(12)17/h2-7,18H,8H2,1H3. The van der Waals surface area contributed by atoms with Gasteiger partial charge in [-0.2, -0.15) is 0 Å². The predicted molar refractivity (Wildman–Crippen MR) is 78.4 cm³/mol. The van der Waals surface area contributed by atoms with Crippen molar-refractivity contribution in [2.75, 3.05) is 7.05 Å². The van der Waals surface area contributed by atoms with Crippen molar-refractivity contribution in [1.29, 1.82) is 0 Å². The Labute approximate surface area is 124 Å². The molecule has 0 aromatic heterocycles. The molecule has 0 aliphatic carbocycles. The average Bonchev–Trinajstić information content (AvgIpc) is 2.38. The summed E-state index contributed by atoms with van der Waals surface area (Å²) in [5.41, 5.74) is 0.935. The van der Waals surface area contributed by atoms with Gasteiger partial charge in [-0.15, -0.1) is 0 Å². The molecule has 0 saturated carbocycles. The highest BCUT2D eigenvalue weighted by Gasteiger charge is 2.11. The van der Waals surface area contributed by atoms with Gasteiger partial charge in [-0.1, -0.05) is 39.7 Å². The van der Waals surface area contributed by atoms with Gasteiger partial charge in [0.2, 0.25) is 0 Å². The van der Waals surface area contributed by atoms with Crippen molar-refractivity contribution in [1.82, 2.24) is 5.32 Å². The Bertz CT molecular complexity index is 592. The number of ether oxygens (including phenoxy) is 1. The van der Waals surface area contributed by atoms with Crippen LogP contribution in [-0.2, 0) is 6.54 Å². The van der Waals surface area contributed by atoms with Crippen molar-refractivity contribution in [3.8, 4) is 11.5 Å². The van der Waals surface area contributed by atoms with Gasteiger partial charge in [0.1, 0.15) is 5.75 Å². The highest BCUT2D eigenvalue weighted by Crippen LogP contribution is 2.32. The number of nitrogens with one attached hydrogen (secondary N) is 1. The average molecular weight is 345 g/mol. The molecule has 2 aromatic rings. The molecule has 0 aliphatic heterocycles. The first kappa shape index (κ1) is 14.3. The van der Waals surface area contributed by atoms with E-state index in [1.54, 1.807) is 18.2 Å². The van der Waals surface area contributed by atoms with E-state index >= 15 is 0 Å². The summed E-state index contributed by atoms with van der Waals surface area (Å²) in [6.45, 7) is 0.630. The Morgan fingerprint density at radius 1 is 1.26 bits per heavy atom. The maximum absolute atomic E-state index is 13.8. The molecule has 0 amide bonds. The van der Waals surface area contributed by atoms with Crippen LogP contribution in [0.15, 0.2) is 40.9 Å². The molecule has 2 aromatic carbocycles. The summed E-state index contributed by atoms with van der Waals surface area (Å²) in [6, 6.07) is 10.3. The van der Waals surface area contributed by atoms with Crippen LogP contribution in [0.3, 0.4) is 0 Å². The first-order valence-electron chi connectivity index (χ1n) is 5.66. The molecule has 5 heteroatoms. The summed E-state index contributed by atoms with van der Waals surface area (Å²) in [5, 5.41) is 3.08. The van der Waals surface area contributed by atoms with Crippen molar-refractivity contribution in [2.45, 2.75) is 6.54 Å². The first-order valence-corrected chi connectivity index (χ1v) is 6.84. The number of halogens is 3. The minimum atomic E-state index is -0.556. The zero-order valence-corrected chi connectivity index (χ0v) is 12.6. The number of rotatable bonds is 4. The van der Waals surface area contributed by atoms with E-state index in [9.17, 15) is 4.39 Å². The van der Waals surface area contributed by atoms with Crippen LogP contribution < -0.4 is 10.1 Å². The normalized spacial score (nSPS) is 10.5. The summed E-state index contributed by atoms with van der Waals surface area (Å²) in [5.74, 6) is 0.146. The second kappa shape index (κ2) is 6.37. The Morgan fingerprint density at radius 3 is 2.79 bits per heavy atom. The molecule has 2 nitrogen and oxygen atoms in total. The Kier molecular flexibility index (Phi) is 4.80. The molecule has 0 fully saturated rings. The van der Waals surface area contributed by atoms with Gasteiger partial charge >= 0.3 is 0 Å². The molecule has 0 unspecified atom stereocenters. The van der Waals surface area contributed by atoms with Gasteiger partial charge in [0.15, 0.2) is 11.6 Å². The summed E-state index contributed by atoms with van der Waals surface area (Å²) in [7, 11) is 1.84. The quantitative estimate of drug-likeness (QED) is 0.864. The summed E-state index contributed by atoms with van der Waals surface area (Å²) >= 11 is 9.11. The summed E-state index contributed by atoms with van der Waals surface area (Å²) < 4.78 is 20.3. The third kappa shape index (κ3) is 3.47. The van der Waals surface area contributed by atoms with Crippen LogP contribution in [-0.4, -0.2) is 7.05 Å². The van der Waals surface area contributed by atoms with Crippen LogP contribution >= 0.6 is 27.5 Å². The molecule has 19 heavy (non-hydrogen) atoms. The van der Waals surface area contributed by atoms with E-state index in [2.05, 4.69) is 21.2 Å². The van der Waals surface area contributed by atoms with Crippen molar-refractivity contribution in [3.63, 3.8) is 0 Å². The first-order chi connectivity index (χ1) is 9.11. The number of hydrogen-bond acceptors (Lipinski definition) is 2. The van der Waals surface area contributed by atoms with E-state index in [4.69, 9.17) is 16.3 Å². The second-order valence-electron chi connectivity index (χ2n) is 3.94. The van der Waals surface area contributed by atoms with Gasteiger partial charge in [-0.3, -0.25) is 0 Å². The highest BCUT2D eigenvalue weighted by molar-refractivity contribution is 9.10. The second-order valence-corrected chi connectivity index (χ2v) is 5.26. The zero-order chi connectivity index (χ0) is 13.8. The van der Waals surface area contributed by atoms with Crippen LogP contribution in [0.4, 0.5) is 4.39 Å². The molecule has 0 radical (unpaired) electrons. The van der Waals surface area contributed by atoms with Gasteiger partial charge in [-0.05, 0) is 31.3 Å². The molecule has 0 spiro atoms. The highest BCUT2D eigenvalue weighted by atomic mass is 79.9. The molecule has 1 N–H and O–H groups in total. The van der Waals surface area contributed by atoms with E-state index in [1.807, 2.05) is 19.2 Å². The van der Waals surface area contributed by atoms with Crippen LogP contribution in [0, 0.1) is 5.82 Å². The fourth-order valence-electron chi connectivity index (χ4n) is 1.64. The number of benzene rings is 2. The third-order valence-electron chi connectivity index (χ3n) is 2.53. The minimum absolute atomic E-state index is 0.0441. The lowest BCUT2D eigenvalue weighted by atomic mass is 10.2. The van der Waals surface area contributed by atoms with Gasteiger partial charge in [0.25, 0.3) is 0 Å². The van der Waals surface area contributed by atoms with Gasteiger partial charge in [0, 0.05) is 16.6 Å². The molecular formula is C14H12BrClFNO. The molecule has 0 aliphatic rings. The van der Waals surface area contributed by atoms with Crippen molar-refractivity contribution in [2.24, 2.45) is 0 Å². The van der Waals surface area contributed by atoms with Crippen LogP contribution in [0.5, 0.6) is 11.5 Å². The Balaban J connectivity index is 2.36. The maximum atomic E-state index is 13.8. The monoisotopic (exact) mass is 343 g/mol. The van der Waals surface area contributed by atoms with E-state index < -0.39 is 5.82 Å². The van der Waals surface area contributed by atoms with E-state index in [0.717, 1.165) is 10.0 Å². The SMILES string of the molecule is CNCc1ccc(Br)cc1Oc1cccc(Cl)c1F. The predicted octanol–water partition coefficient (Wildman–Crippen LogP) is 4.75. The molecule has 0 saturated heterocycles. The van der Waals surface area contributed by atoms with Gasteiger partial charge in [-0.25, -0.2) is 4.39 Å². The molecule has 0 heterocycles. The van der Waals surface area contributed by atoms with Crippen LogP contribution in [0.1, 0.15) is 5.56 Å². The molecular weight excluding hydrogens is 333 g/mol. The topological polar surface area (TPSA) is 21.3 Å². The molecule has 100 valence electrons. The Hall–Kier alpha value is -1.10. The number of hydrogen-bond donors (Lipinski definition) is 1. The van der Waals surface area contributed by atoms with Crippen LogP contribution in [0.2, 0.25) is 5.02 Å². The fourth-order valence-corrected chi connectivity index (χ4v) is 2.15. The summed E-state index contributed by atoms with van der Waals surface area (Å²) in [6.07, 6.45) is 0. The maximum Gasteiger partial charge on any atom is 0.184 e. The lowest BCUT2D eigenvalue weighted by Crippen LogP contribution is -2.06. The summed E-state index contributed by atoms with van der Waals surface area (Å²) in [4.78, 5) is 0. The molecule has 0 bridgehead atoms. The van der Waals surface area contributed by atoms with Gasteiger partial charge < -0.3 is 10.1 Å². The molecule has 2 rings (SSSR count). The smallest absolute Gasteiger partial charge is 0.184 e. The Morgan fingerprint density at radius 2 is 2.05 bits per heavy atom. The van der Waals surface area contributed by atoms with E-state index in [-0.39, 0.29) is 10.8 Å². The van der Waals surface area contributed by atoms with Crippen LogP contribution in [0.25, 0.3) is 0 Å². The molecule has 0 atom stereocenters. The third-order valence-corrected chi connectivity index (χ3v) is 3.32. The van der Waals surface area contributed by atoms with Gasteiger partial charge in [0.05, 0.1) is 5.02 Å². The van der Waals surface area contributed by atoms with Crippen molar-refractivity contribution in [3.05, 3.63) is 57.3 Å². The van der Waals surface area contributed by atoms with Crippen molar-refractivity contribution >= 4 is 27.5 Å². The lowest BCUT2D eigenvalue weighted by molar-refractivity contribution is 0.436. The lowest BCUT2D eigenvalue weighted by Gasteiger charge is -2.12.